The van der Waals surface area contributed by atoms with Gasteiger partial charge in [-0.05, 0) is 56.2 Å². The molecule has 1 aromatic carbocycles. The van der Waals surface area contributed by atoms with Crippen LogP contribution < -0.4 is 10.5 Å². The first kappa shape index (κ1) is 11.5. The number of hydrogen-bond acceptors (Lipinski definition) is 2. The average molecular weight is 219 g/mol. The fraction of sp³-hybridized carbons (Fsp3) is 0.571. The molecule has 0 heterocycles. The summed E-state index contributed by atoms with van der Waals surface area (Å²) in [7, 11) is 0. The van der Waals surface area contributed by atoms with Crippen molar-refractivity contribution in [2.24, 2.45) is 11.7 Å². The molecule has 1 aliphatic rings. The van der Waals surface area contributed by atoms with Gasteiger partial charge in [-0.3, -0.25) is 0 Å². The summed E-state index contributed by atoms with van der Waals surface area (Å²) in [6.07, 6.45) is 4.87. The van der Waals surface area contributed by atoms with Crippen LogP contribution in [0.1, 0.15) is 31.7 Å². The summed E-state index contributed by atoms with van der Waals surface area (Å²) in [6, 6.07) is 8.78. The van der Waals surface area contributed by atoms with Crippen LogP contribution in [0.15, 0.2) is 24.3 Å². The molecule has 1 fully saturated rings. The van der Waals surface area contributed by atoms with Crippen LogP contribution in [0.3, 0.4) is 0 Å². The lowest BCUT2D eigenvalue weighted by atomic mass is 10.0. The fourth-order valence-corrected chi connectivity index (χ4v) is 2.01. The Labute approximate surface area is 97.8 Å². The minimum atomic E-state index is 0.409. The summed E-state index contributed by atoms with van der Waals surface area (Å²) in [6.45, 7) is 2.73. The van der Waals surface area contributed by atoms with Gasteiger partial charge in [0, 0.05) is 6.04 Å². The summed E-state index contributed by atoms with van der Waals surface area (Å²) < 4.78 is 5.41. The lowest BCUT2D eigenvalue weighted by Crippen LogP contribution is -2.22. The SMILES string of the molecule is CCOc1ccc(CCC(N)C2CC2)cc1. The zero-order valence-corrected chi connectivity index (χ0v) is 9.99. The van der Waals surface area contributed by atoms with E-state index in [0.29, 0.717) is 6.04 Å². The quantitative estimate of drug-likeness (QED) is 0.798. The van der Waals surface area contributed by atoms with Crippen molar-refractivity contribution in [3.05, 3.63) is 29.8 Å². The molecule has 0 spiro atoms. The summed E-state index contributed by atoms with van der Waals surface area (Å²) in [5, 5.41) is 0. The molecular weight excluding hydrogens is 198 g/mol. The number of ether oxygens (including phenoxy) is 1. The summed E-state index contributed by atoms with van der Waals surface area (Å²) >= 11 is 0. The van der Waals surface area contributed by atoms with Gasteiger partial charge in [0.2, 0.25) is 0 Å². The van der Waals surface area contributed by atoms with Gasteiger partial charge in [-0.15, -0.1) is 0 Å². The van der Waals surface area contributed by atoms with Gasteiger partial charge in [0.05, 0.1) is 6.61 Å². The molecule has 0 radical (unpaired) electrons. The van der Waals surface area contributed by atoms with Crippen molar-refractivity contribution in [1.82, 2.24) is 0 Å². The van der Waals surface area contributed by atoms with Crippen LogP contribution in [-0.2, 0) is 6.42 Å². The third kappa shape index (κ3) is 3.24. The van der Waals surface area contributed by atoms with Crippen LogP contribution in [0, 0.1) is 5.92 Å². The van der Waals surface area contributed by atoms with Gasteiger partial charge < -0.3 is 10.5 Å². The molecule has 2 N–H and O–H groups in total. The van der Waals surface area contributed by atoms with Crippen LogP contribution in [0.4, 0.5) is 0 Å². The molecule has 88 valence electrons. The number of rotatable bonds is 6. The summed E-state index contributed by atoms with van der Waals surface area (Å²) in [4.78, 5) is 0. The van der Waals surface area contributed by atoms with Crippen LogP contribution >= 0.6 is 0 Å². The van der Waals surface area contributed by atoms with E-state index in [2.05, 4.69) is 12.1 Å². The molecule has 0 aliphatic heterocycles. The Kier molecular flexibility index (Phi) is 3.83. The molecule has 1 unspecified atom stereocenters. The van der Waals surface area contributed by atoms with Gasteiger partial charge in [-0.1, -0.05) is 12.1 Å². The largest absolute Gasteiger partial charge is 0.494 e. The Hall–Kier alpha value is -1.02. The molecule has 2 nitrogen and oxygen atoms in total. The molecule has 1 aromatic rings. The second-order valence-corrected chi connectivity index (χ2v) is 4.62. The Morgan fingerprint density at radius 1 is 1.31 bits per heavy atom. The van der Waals surface area contributed by atoms with E-state index < -0.39 is 0 Å². The van der Waals surface area contributed by atoms with Crippen molar-refractivity contribution < 1.29 is 4.74 Å². The molecule has 0 bridgehead atoms. The van der Waals surface area contributed by atoms with Crippen molar-refractivity contribution >= 4 is 0 Å². The van der Waals surface area contributed by atoms with Gasteiger partial charge in [0.15, 0.2) is 0 Å². The number of nitrogens with two attached hydrogens (primary N) is 1. The van der Waals surface area contributed by atoms with E-state index in [1.54, 1.807) is 0 Å². The van der Waals surface area contributed by atoms with Crippen molar-refractivity contribution in [1.29, 1.82) is 0 Å². The number of benzene rings is 1. The van der Waals surface area contributed by atoms with Gasteiger partial charge in [0.1, 0.15) is 5.75 Å². The summed E-state index contributed by atoms with van der Waals surface area (Å²) in [5.41, 5.74) is 7.44. The van der Waals surface area contributed by atoms with Crippen molar-refractivity contribution in [3.8, 4) is 5.75 Å². The smallest absolute Gasteiger partial charge is 0.119 e. The van der Waals surface area contributed by atoms with E-state index in [-0.39, 0.29) is 0 Å². The van der Waals surface area contributed by atoms with Gasteiger partial charge in [-0.25, -0.2) is 0 Å². The van der Waals surface area contributed by atoms with Gasteiger partial charge in [0.25, 0.3) is 0 Å². The maximum Gasteiger partial charge on any atom is 0.119 e. The zero-order chi connectivity index (χ0) is 11.4. The molecule has 2 heteroatoms. The van der Waals surface area contributed by atoms with Crippen molar-refractivity contribution in [2.45, 2.75) is 38.6 Å². The van der Waals surface area contributed by atoms with E-state index in [1.807, 2.05) is 19.1 Å². The van der Waals surface area contributed by atoms with Gasteiger partial charge >= 0.3 is 0 Å². The van der Waals surface area contributed by atoms with E-state index in [1.165, 1.54) is 18.4 Å². The summed E-state index contributed by atoms with van der Waals surface area (Å²) in [5.74, 6) is 1.76. The molecule has 16 heavy (non-hydrogen) atoms. The lowest BCUT2D eigenvalue weighted by Gasteiger charge is -2.10. The molecule has 0 amide bonds. The topological polar surface area (TPSA) is 35.2 Å². The molecule has 1 atom stereocenters. The van der Waals surface area contributed by atoms with Crippen LogP contribution in [0.5, 0.6) is 5.75 Å². The molecule has 2 rings (SSSR count). The molecular formula is C14H21NO. The maximum atomic E-state index is 6.08. The Balaban J connectivity index is 1.79. The highest BCUT2D eigenvalue weighted by atomic mass is 16.5. The third-order valence-electron chi connectivity index (χ3n) is 3.23. The van der Waals surface area contributed by atoms with Crippen LogP contribution in [-0.4, -0.2) is 12.6 Å². The third-order valence-corrected chi connectivity index (χ3v) is 3.23. The van der Waals surface area contributed by atoms with E-state index >= 15 is 0 Å². The Morgan fingerprint density at radius 2 is 2.00 bits per heavy atom. The maximum absolute atomic E-state index is 6.08. The minimum Gasteiger partial charge on any atom is -0.494 e. The van der Waals surface area contributed by atoms with Crippen molar-refractivity contribution in [3.63, 3.8) is 0 Å². The average Bonchev–Trinajstić information content (AvgIpc) is 3.12. The second kappa shape index (κ2) is 5.35. The number of hydrogen-bond donors (Lipinski definition) is 1. The predicted molar refractivity (Wildman–Crippen MR) is 66.6 cm³/mol. The highest BCUT2D eigenvalue weighted by Gasteiger charge is 2.27. The first-order valence-electron chi connectivity index (χ1n) is 6.27. The van der Waals surface area contributed by atoms with E-state index in [4.69, 9.17) is 10.5 Å². The van der Waals surface area contributed by atoms with E-state index in [0.717, 1.165) is 31.1 Å². The second-order valence-electron chi connectivity index (χ2n) is 4.62. The predicted octanol–water partition coefficient (Wildman–Crippen LogP) is 2.76. The molecule has 1 aliphatic carbocycles. The standard InChI is InChI=1S/C14H21NO/c1-2-16-13-8-3-11(4-9-13)5-10-14(15)12-6-7-12/h3-4,8-9,12,14H,2,5-7,10,15H2,1H3. The number of aryl methyl sites for hydroxylation is 1. The molecule has 0 aromatic heterocycles. The minimum absolute atomic E-state index is 0.409. The van der Waals surface area contributed by atoms with E-state index in [9.17, 15) is 0 Å². The van der Waals surface area contributed by atoms with Crippen LogP contribution in [0.2, 0.25) is 0 Å². The molecule has 0 saturated heterocycles. The lowest BCUT2D eigenvalue weighted by molar-refractivity contribution is 0.340. The zero-order valence-electron chi connectivity index (χ0n) is 9.99. The first-order chi connectivity index (χ1) is 7.79. The Morgan fingerprint density at radius 3 is 2.56 bits per heavy atom. The normalized spacial score (nSPS) is 17.1. The fourth-order valence-electron chi connectivity index (χ4n) is 2.01. The van der Waals surface area contributed by atoms with Gasteiger partial charge in [-0.2, -0.15) is 0 Å². The van der Waals surface area contributed by atoms with Crippen LogP contribution in [0.25, 0.3) is 0 Å². The monoisotopic (exact) mass is 219 g/mol. The Bertz CT molecular complexity index is 316. The first-order valence-corrected chi connectivity index (χ1v) is 6.27. The highest BCUT2D eigenvalue weighted by molar-refractivity contribution is 5.27. The molecule has 1 saturated carbocycles. The van der Waals surface area contributed by atoms with Crippen molar-refractivity contribution in [2.75, 3.05) is 6.61 Å². The highest BCUT2D eigenvalue weighted by Crippen LogP contribution is 2.33.